The highest BCUT2D eigenvalue weighted by molar-refractivity contribution is 6.30. The number of fused-ring (bicyclic) bond motifs is 4. The van der Waals surface area contributed by atoms with Crippen molar-refractivity contribution in [3.8, 4) is 0 Å². The van der Waals surface area contributed by atoms with Gasteiger partial charge in [0.25, 0.3) is 23.6 Å². The largest absolute Gasteiger partial charge is 0.381 e. The lowest BCUT2D eigenvalue weighted by atomic mass is 9.88. The van der Waals surface area contributed by atoms with E-state index in [1.807, 2.05) is 18.2 Å². The molecule has 0 aromatic carbocycles. The first kappa shape index (κ1) is 81.9. The maximum absolute atomic E-state index is 14.8. The summed E-state index contributed by atoms with van der Waals surface area (Å²) in [6, 6.07) is 5.88. The monoisotopic (exact) mass is 1690 g/mol. The summed E-state index contributed by atoms with van der Waals surface area (Å²) >= 11 is 5.96. The van der Waals surface area contributed by atoms with Crippen molar-refractivity contribution in [3.63, 3.8) is 0 Å². The van der Waals surface area contributed by atoms with E-state index in [1.165, 1.54) is 27.6 Å². The Morgan fingerprint density at radius 2 is 0.738 bits per heavy atom. The Hall–Kier alpha value is -12.5. The van der Waals surface area contributed by atoms with Gasteiger partial charge in [-0.15, -0.1) is 20.4 Å². The fraction of sp³-hybridized carbons (Fsp3) is 0.375. The fourth-order valence-corrected chi connectivity index (χ4v) is 16.7. The average Bonchev–Trinajstić information content (AvgIpc) is 1.62. The number of nitrogen functional groups attached to an aromatic ring is 4. The number of nitrogens with one attached hydrogen (secondary N) is 4. The Morgan fingerprint density at radius 1 is 0.393 bits per heavy atom. The van der Waals surface area contributed by atoms with Crippen molar-refractivity contribution < 1.29 is 60.1 Å². The SMILES string of the molecule is Nc1nn2cc(Cl)cnc2c1C(=O)Nc1cnccc1C1CCN(C2COC2)CC1.Nc1nn2cc(F)cnc2c1C(=O)Nc1cncc(F)c1C1=CCN(C2COC2)CC1.Nc1nn2cc(F)cnc2c1C(=O)Nc1cncc(F)c1C1CCN(C2COC2)CC1.Nc1nn2cc(F)cnc2c1C(=O)Nc1cnccc1C1CCN(C2COC2)CC1. The van der Waals surface area contributed by atoms with Crippen molar-refractivity contribution in [2.75, 3.05) is 149 Å². The molecule has 0 unspecified atom stereocenters. The van der Waals surface area contributed by atoms with E-state index >= 15 is 0 Å². The summed E-state index contributed by atoms with van der Waals surface area (Å²) < 4.78 is 95.7. The summed E-state index contributed by atoms with van der Waals surface area (Å²) in [5, 5.41) is 27.7. The normalized spacial score (nSPS) is 18.1. The molecule has 8 aliphatic heterocycles. The van der Waals surface area contributed by atoms with Crippen molar-refractivity contribution in [1.82, 2.24) is 97.9 Å². The number of nitrogens with zero attached hydrogens (tertiary/aromatic N) is 20. The molecule has 0 bridgehead atoms. The van der Waals surface area contributed by atoms with Crippen LogP contribution in [0.2, 0.25) is 5.02 Å². The second-order valence-corrected chi connectivity index (χ2v) is 31.2. The van der Waals surface area contributed by atoms with Gasteiger partial charge in [0.15, 0.2) is 69.1 Å². The predicted octanol–water partition coefficient (Wildman–Crippen LogP) is 7.41. The number of likely N-dealkylation sites (tertiary alicyclic amines) is 3. The Morgan fingerprint density at radius 3 is 1.12 bits per heavy atom. The molecule has 7 saturated heterocycles. The van der Waals surface area contributed by atoms with E-state index in [1.54, 1.807) is 31.0 Å². The van der Waals surface area contributed by atoms with Gasteiger partial charge in [-0.1, -0.05) is 17.7 Å². The zero-order valence-electron chi connectivity index (χ0n) is 65.6. The topological polar surface area (TPSA) is 443 Å². The molecule has 36 nitrogen and oxygen atoms in total. The smallest absolute Gasteiger partial charge is 0.263 e. The van der Waals surface area contributed by atoms with Crippen molar-refractivity contribution in [2.24, 2.45) is 0 Å². The molecule has 20 heterocycles. The van der Waals surface area contributed by atoms with Crippen LogP contribution in [0.3, 0.4) is 0 Å². The van der Waals surface area contributed by atoms with Crippen LogP contribution in [0.15, 0.2) is 117 Å². The Balaban J connectivity index is 0.000000116. The number of rotatable bonds is 16. The zero-order chi connectivity index (χ0) is 84.4. The van der Waals surface area contributed by atoms with Crippen molar-refractivity contribution in [1.29, 1.82) is 0 Å². The molecule has 0 saturated carbocycles. The zero-order valence-corrected chi connectivity index (χ0v) is 66.3. The van der Waals surface area contributed by atoms with E-state index in [-0.39, 0.29) is 85.7 Å². The van der Waals surface area contributed by atoms with Crippen LogP contribution < -0.4 is 44.2 Å². The number of hydrogen-bond donors (Lipinski definition) is 8. The van der Waals surface area contributed by atoms with Crippen LogP contribution in [0.25, 0.3) is 28.2 Å². The van der Waals surface area contributed by atoms with E-state index < -0.39 is 46.8 Å². The number of pyridine rings is 4. The Labute approximate surface area is 696 Å². The molecule has 12 N–H and O–H groups in total. The second-order valence-electron chi connectivity index (χ2n) is 30.7. The van der Waals surface area contributed by atoms with Crippen molar-refractivity contribution in [2.45, 2.75) is 86.9 Å². The first-order chi connectivity index (χ1) is 59.2. The van der Waals surface area contributed by atoms with Crippen LogP contribution in [0, 0.1) is 29.1 Å². The number of carbonyl (C=O) groups is 4. The number of carbonyl (C=O) groups excluding carboxylic acids is 4. The van der Waals surface area contributed by atoms with E-state index in [2.05, 4.69) is 101 Å². The summed E-state index contributed by atoms with van der Waals surface area (Å²) in [4.78, 5) is 93.8. The van der Waals surface area contributed by atoms with Gasteiger partial charge in [0.05, 0.1) is 185 Å². The summed E-state index contributed by atoms with van der Waals surface area (Å²) in [5.74, 6) is -4.32. The number of piperidine rings is 3. The van der Waals surface area contributed by atoms with Crippen LogP contribution in [0.1, 0.15) is 126 Å². The number of amides is 4. The fourth-order valence-electron chi connectivity index (χ4n) is 16.6. The number of hydrogen-bond acceptors (Lipinski definition) is 28. The predicted molar refractivity (Wildman–Crippen MR) is 436 cm³/mol. The van der Waals surface area contributed by atoms with E-state index in [0.29, 0.717) is 95.4 Å². The van der Waals surface area contributed by atoms with Gasteiger partial charge in [-0.3, -0.25) is 58.7 Å². The number of aromatic nitrogens is 16. The molecular formula is C80H84ClF5N28O8. The molecule has 42 heteroatoms. The standard InChI is InChI=1S/C20H22ClN7O2.C20H21F2N7O2.C20H19F2N7O2.C20H22FN7O2/c21-13-7-24-19-17(18(22)26-28(19)9-13)20(29)25-16-8-23-4-1-15(16)12-2-5-27(6-3-12)14-10-30-11-14;2*21-12-5-25-19-17(18(23)27-29(19)8-12)20(30)26-15-7-24-6-14(22)16(15)11-1-3-28(4-2-11)13-9-31-10-13;21-13-7-24-19-17(18(22)26-28(19)9-13)20(29)25-16-8-23-4-1-15(16)12-2-5-27(6-3-12)14-10-30-11-14/h1,4,7-9,12,14H,2-3,5-6,10-11H2,(H2,22,26)(H,25,29);5-8,11,13H,1-4,9-10H2,(H2,23,27)(H,26,30);1,5-8,13H,2-4,9-10H2,(H2,23,27)(H,26,30);1,4,7-9,12,14H,2-3,5-6,10-11H2,(H2,22,26)(H,25,29). The summed E-state index contributed by atoms with van der Waals surface area (Å²) in [7, 11) is 0. The minimum Gasteiger partial charge on any atom is -0.381 e. The lowest BCUT2D eigenvalue weighted by Gasteiger charge is -2.41. The second kappa shape index (κ2) is 35.7. The maximum Gasteiger partial charge on any atom is 0.263 e. The van der Waals surface area contributed by atoms with Gasteiger partial charge in [-0.25, -0.2) is 59.9 Å². The molecule has 122 heavy (non-hydrogen) atoms. The molecule has 20 rings (SSSR count). The minimum absolute atomic E-state index is 0.00462. The van der Waals surface area contributed by atoms with E-state index in [9.17, 15) is 41.1 Å². The maximum atomic E-state index is 14.8. The molecule has 12 aromatic rings. The highest BCUT2D eigenvalue weighted by Crippen LogP contribution is 2.40. The lowest BCUT2D eigenvalue weighted by Crippen LogP contribution is -2.51. The van der Waals surface area contributed by atoms with Crippen LogP contribution in [0.5, 0.6) is 0 Å². The minimum atomic E-state index is -0.634. The Bertz CT molecular complexity index is 5780. The molecule has 0 atom stereocenters. The first-order valence-corrected chi connectivity index (χ1v) is 40.1. The lowest BCUT2D eigenvalue weighted by molar-refractivity contribution is -0.0713. The summed E-state index contributed by atoms with van der Waals surface area (Å²) in [6.45, 7) is 13.4. The molecule has 0 radical (unpaired) electrons. The van der Waals surface area contributed by atoms with Crippen LogP contribution >= 0.6 is 11.6 Å². The van der Waals surface area contributed by atoms with E-state index in [0.717, 1.165) is 199 Å². The van der Waals surface area contributed by atoms with Gasteiger partial charge in [0.1, 0.15) is 28.1 Å². The number of nitrogens with two attached hydrogens (primary N) is 4. The van der Waals surface area contributed by atoms with Crippen molar-refractivity contribution in [3.05, 3.63) is 196 Å². The van der Waals surface area contributed by atoms with Gasteiger partial charge in [-0.2, -0.15) is 0 Å². The van der Waals surface area contributed by atoms with Gasteiger partial charge in [-0.05, 0) is 131 Å². The number of ether oxygens (including phenoxy) is 4. The molecule has 7 fully saturated rings. The molecular weight excluding hydrogens is 1610 g/mol. The highest BCUT2D eigenvalue weighted by Gasteiger charge is 2.37. The molecule has 0 spiro atoms. The molecule has 634 valence electrons. The third kappa shape index (κ3) is 17.3. The van der Waals surface area contributed by atoms with Gasteiger partial charge in [0, 0.05) is 42.8 Å². The average molecular weight is 1700 g/mol. The quantitative estimate of drug-likeness (QED) is 0.0436. The van der Waals surface area contributed by atoms with Crippen LogP contribution in [-0.2, 0) is 18.9 Å². The van der Waals surface area contributed by atoms with Crippen LogP contribution in [0.4, 0.5) is 68.0 Å². The highest BCUT2D eigenvalue weighted by atomic mass is 35.5. The number of anilines is 8. The Kier molecular flexibility index (Phi) is 23.9. The molecule has 4 amide bonds. The molecule has 8 aliphatic rings. The van der Waals surface area contributed by atoms with E-state index in [4.69, 9.17) is 53.5 Å². The van der Waals surface area contributed by atoms with Gasteiger partial charge < -0.3 is 63.1 Å². The van der Waals surface area contributed by atoms with Crippen LogP contribution in [-0.4, -0.2) is 251 Å². The summed E-state index contributed by atoms with van der Waals surface area (Å²) in [5.41, 5.74) is 30.2. The number of halogens is 6. The van der Waals surface area contributed by atoms with Gasteiger partial charge in [0.2, 0.25) is 0 Å². The molecule has 0 aliphatic carbocycles. The van der Waals surface area contributed by atoms with Crippen molar-refractivity contribution >= 4 is 109 Å². The third-order valence-electron chi connectivity index (χ3n) is 23.3. The third-order valence-corrected chi connectivity index (χ3v) is 23.5. The molecule has 12 aromatic heterocycles. The van der Waals surface area contributed by atoms with Gasteiger partial charge >= 0.3 is 0 Å². The summed E-state index contributed by atoms with van der Waals surface area (Å²) in [6.07, 6.45) is 29.4. The first-order valence-electron chi connectivity index (χ1n) is 39.8.